The lowest BCUT2D eigenvalue weighted by Crippen LogP contribution is -2.12. The van der Waals surface area contributed by atoms with Gasteiger partial charge >= 0.3 is 0 Å². The SMILES string of the molecule is Cc1ccc(S(=O)(=O)Nc2ccc(Cc3n[nH]c(C)n3)cc2)cc1. The molecule has 0 saturated heterocycles. The Balaban J connectivity index is 1.72. The molecule has 0 fully saturated rings. The molecule has 0 amide bonds. The van der Waals surface area contributed by atoms with Crippen molar-refractivity contribution in [3.8, 4) is 0 Å². The van der Waals surface area contributed by atoms with E-state index < -0.39 is 10.0 Å². The van der Waals surface area contributed by atoms with Crippen LogP contribution in [0.3, 0.4) is 0 Å². The van der Waals surface area contributed by atoms with Crippen LogP contribution in [-0.4, -0.2) is 23.6 Å². The van der Waals surface area contributed by atoms with Crippen molar-refractivity contribution in [2.24, 2.45) is 0 Å². The molecular weight excluding hydrogens is 324 g/mol. The maximum atomic E-state index is 12.4. The maximum absolute atomic E-state index is 12.4. The zero-order chi connectivity index (χ0) is 17.2. The second-order valence-corrected chi connectivity index (χ2v) is 7.31. The minimum atomic E-state index is -3.58. The summed E-state index contributed by atoms with van der Waals surface area (Å²) < 4.78 is 27.3. The Kier molecular flexibility index (Phi) is 4.35. The highest BCUT2D eigenvalue weighted by Gasteiger charge is 2.13. The minimum Gasteiger partial charge on any atom is -0.280 e. The molecule has 0 aliphatic rings. The Morgan fingerprint density at radius 2 is 1.67 bits per heavy atom. The lowest BCUT2D eigenvalue weighted by atomic mass is 10.1. The highest BCUT2D eigenvalue weighted by atomic mass is 32.2. The van der Waals surface area contributed by atoms with Crippen molar-refractivity contribution in [1.29, 1.82) is 0 Å². The third kappa shape index (κ3) is 3.80. The predicted molar refractivity (Wildman–Crippen MR) is 92.4 cm³/mol. The number of sulfonamides is 1. The molecule has 7 heteroatoms. The highest BCUT2D eigenvalue weighted by molar-refractivity contribution is 7.92. The summed E-state index contributed by atoms with van der Waals surface area (Å²) in [6.45, 7) is 3.76. The van der Waals surface area contributed by atoms with Crippen molar-refractivity contribution in [3.05, 3.63) is 71.3 Å². The van der Waals surface area contributed by atoms with E-state index in [1.54, 1.807) is 36.4 Å². The zero-order valence-corrected chi connectivity index (χ0v) is 14.3. The Hall–Kier alpha value is -2.67. The van der Waals surface area contributed by atoms with Crippen LogP contribution < -0.4 is 4.72 Å². The van der Waals surface area contributed by atoms with Gasteiger partial charge in [-0.15, -0.1) is 0 Å². The maximum Gasteiger partial charge on any atom is 0.261 e. The van der Waals surface area contributed by atoms with E-state index in [0.29, 0.717) is 17.9 Å². The first-order valence-electron chi connectivity index (χ1n) is 7.49. The van der Waals surface area contributed by atoms with Crippen LogP contribution in [0.1, 0.15) is 22.8 Å². The fourth-order valence-corrected chi connectivity index (χ4v) is 3.33. The quantitative estimate of drug-likeness (QED) is 0.746. The summed E-state index contributed by atoms with van der Waals surface area (Å²) in [6, 6.07) is 13.9. The fourth-order valence-electron chi connectivity index (χ4n) is 2.27. The van der Waals surface area contributed by atoms with Gasteiger partial charge in [0.1, 0.15) is 5.82 Å². The largest absolute Gasteiger partial charge is 0.280 e. The molecule has 0 atom stereocenters. The summed E-state index contributed by atoms with van der Waals surface area (Å²) in [5.41, 5.74) is 2.54. The van der Waals surface area contributed by atoms with Crippen molar-refractivity contribution < 1.29 is 8.42 Å². The number of rotatable bonds is 5. The molecule has 0 bridgehead atoms. The molecule has 0 spiro atoms. The molecule has 3 aromatic rings. The number of hydrogen-bond acceptors (Lipinski definition) is 4. The van der Waals surface area contributed by atoms with Crippen molar-refractivity contribution in [2.75, 3.05) is 4.72 Å². The van der Waals surface area contributed by atoms with Gasteiger partial charge in [0.2, 0.25) is 0 Å². The molecule has 1 heterocycles. The number of aromatic nitrogens is 3. The van der Waals surface area contributed by atoms with Gasteiger partial charge in [0.15, 0.2) is 5.82 Å². The normalized spacial score (nSPS) is 11.4. The zero-order valence-electron chi connectivity index (χ0n) is 13.4. The number of nitrogens with zero attached hydrogens (tertiary/aromatic N) is 2. The number of nitrogens with one attached hydrogen (secondary N) is 2. The van der Waals surface area contributed by atoms with Crippen LogP contribution in [0, 0.1) is 13.8 Å². The van der Waals surface area contributed by atoms with Gasteiger partial charge in [-0.25, -0.2) is 13.4 Å². The molecule has 6 nitrogen and oxygen atoms in total. The van der Waals surface area contributed by atoms with Crippen LogP contribution in [0.5, 0.6) is 0 Å². The molecule has 2 aromatic carbocycles. The van der Waals surface area contributed by atoms with Crippen LogP contribution in [0.15, 0.2) is 53.4 Å². The van der Waals surface area contributed by atoms with Gasteiger partial charge in [0.25, 0.3) is 10.0 Å². The Bertz CT molecular complexity index is 929. The summed E-state index contributed by atoms with van der Waals surface area (Å²) in [5, 5.41) is 6.89. The minimum absolute atomic E-state index is 0.244. The molecule has 24 heavy (non-hydrogen) atoms. The van der Waals surface area contributed by atoms with Gasteiger partial charge in [-0.1, -0.05) is 29.8 Å². The molecule has 124 valence electrons. The summed E-state index contributed by atoms with van der Waals surface area (Å²) in [7, 11) is -3.58. The molecule has 1 aromatic heterocycles. The Morgan fingerprint density at radius 1 is 1.00 bits per heavy atom. The molecule has 3 rings (SSSR count). The highest BCUT2D eigenvalue weighted by Crippen LogP contribution is 2.18. The van der Waals surface area contributed by atoms with Crippen LogP contribution in [0.4, 0.5) is 5.69 Å². The molecule has 0 aliphatic carbocycles. The van der Waals surface area contributed by atoms with Gasteiger partial charge < -0.3 is 0 Å². The third-order valence-corrected chi connectivity index (χ3v) is 4.94. The van der Waals surface area contributed by atoms with Gasteiger partial charge in [0.05, 0.1) is 4.90 Å². The molecular formula is C17H18N4O2S. The van der Waals surface area contributed by atoms with E-state index in [1.165, 1.54) is 0 Å². The first-order chi connectivity index (χ1) is 11.4. The van der Waals surface area contributed by atoms with E-state index in [1.807, 2.05) is 26.0 Å². The summed E-state index contributed by atoms with van der Waals surface area (Å²) in [5.74, 6) is 1.48. The molecule has 2 N–H and O–H groups in total. The van der Waals surface area contributed by atoms with Gasteiger partial charge in [-0.3, -0.25) is 9.82 Å². The van der Waals surface area contributed by atoms with E-state index in [0.717, 1.165) is 17.0 Å². The standard InChI is InChI=1S/C17H18N4O2S/c1-12-3-9-16(10-4-12)24(22,23)21-15-7-5-14(6-8-15)11-17-18-13(2)19-20-17/h3-10,21H,11H2,1-2H3,(H,18,19,20). The third-order valence-electron chi connectivity index (χ3n) is 3.54. The summed E-state index contributed by atoms with van der Waals surface area (Å²) in [4.78, 5) is 4.50. The lowest BCUT2D eigenvalue weighted by Gasteiger charge is -2.09. The van der Waals surface area contributed by atoms with Crippen molar-refractivity contribution >= 4 is 15.7 Å². The number of anilines is 1. The van der Waals surface area contributed by atoms with Crippen LogP contribution in [0.25, 0.3) is 0 Å². The average Bonchev–Trinajstić information content (AvgIpc) is 2.94. The van der Waals surface area contributed by atoms with Gasteiger partial charge in [0, 0.05) is 12.1 Å². The average molecular weight is 342 g/mol. The van der Waals surface area contributed by atoms with Crippen molar-refractivity contribution in [2.45, 2.75) is 25.2 Å². The topological polar surface area (TPSA) is 87.7 Å². The number of aromatic amines is 1. The summed E-state index contributed by atoms with van der Waals surface area (Å²) >= 11 is 0. The number of H-pyrrole nitrogens is 1. The second-order valence-electron chi connectivity index (χ2n) is 5.63. The monoisotopic (exact) mass is 342 g/mol. The molecule has 0 radical (unpaired) electrons. The smallest absolute Gasteiger partial charge is 0.261 e. The van der Waals surface area contributed by atoms with E-state index in [-0.39, 0.29) is 4.90 Å². The number of hydrogen-bond donors (Lipinski definition) is 2. The first kappa shape index (κ1) is 16.2. The van der Waals surface area contributed by atoms with Crippen molar-refractivity contribution in [1.82, 2.24) is 15.2 Å². The van der Waals surface area contributed by atoms with Crippen LogP contribution in [-0.2, 0) is 16.4 Å². The van der Waals surface area contributed by atoms with E-state index >= 15 is 0 Å². The van der Waals surface area contributed by atoms with Crippen LogP contribution >= 0.6 is 0 Å². The van der Waals surface area contributed by atoms with Gasteiger partial charge in [-0.2, -0.15) is 5.10 Å². The van der Waals surface area contributed by atoms with Crippen molar-refractivity contribution in [3.63, 3.8) is 0 Å². The lowest BCUT2D eigenvalue weighted by molar-refractivity contribution is 0.601. The van der Waals surface area contributed by atoms with E-state index in [9.17, 15) is 8.42 Å². The van der Waals surface area contributed by atoms with E-state index in [4.69, 9.17) is 0 Å². The Labute approximate surface area is 141 Å². The number of benzene rings is 2. The first-order valence-corrected chi connectivity index (χ1v) is 8.97. The van der Waals surface area contributed by atoms with Gasteiger partial charge in [-0.05, 0) is 43.7 Å². The van der Waals surface area contributed by atoms with Crippen LogP contribution in [0.2, 0.25) is 0 Å². The molecule has 0 saturated carbocycles. The molecule has 0 aliphatic heterocycles. The Morgan fingerprint density at radius 3 is 2.25 bits per heavy atom. The van der Waals surface area contributed by atoms with E-state index in [2.05, 4.69) is 19.9 Å². The number of aryl methyl sites for hydroxylation is 2. The predicted octanol–water partition coefficient (Wildman–Crippen LogP) is 2.81. The second kappa shape index (κ2) is 6.45. The molecule has 0 unspecified atom stereocenters. The summed E-state index contributed by atoms with van der Waals surface area (Å²) in [6.07, 6.45) is 0.593. The fraction of sp³-hybridized carbons (Fsp3) is 0.176.